The Morgan fingerprint density at radius 2 is 1.93 bits per heavy atom. The van der Waals surface area contributed by atoms with Crippen molar-refractivity contribution in [3.8, 4) is 0 Å². The van der Waals surface area contributed by atoms with Gasteiger partial charge in [0.1, 0.15) is 5.82 Å². The summed E-state index contributed by atoms with van der Waals surface area (Å²) in [5, 5.41) is 0. The van der Waals surface area contributed by atoms with Crippen molar-refractivity contribution in [2.75, 3.05) is 13.1 Å². The Morgan fingerprint density at radius 3 is 2.43 bits per heavy atom. The van der Waals surface area contributed by atoms with Crippen molar-refractivity contribution in [3.05, 3.63) is 35.6 Å². The van der Waals surface area contributed by atoms with Crippen LogP contribution in [0.3, 0.4) is 0 Å². The second-order valence-corrected chi connectivity index (χ2v) is 4.65. The molecular weight excluding hydrogens is 247 g/mol. The summed E-state index contributed by atoms with van der Waals surface area (Å²) in [5.41, 5.74) is 7.09. The SMILES string of the molecule is N[C@H]1CN(Br)CC1c1ccc(F)cc1. The average Bonchev–Trinajstić information content (AvgIpc) is 2.47. The number of hydrogen-bond donors (Lipinski definition) is 1. The molecule has 1 aromatic rings. The van der Waals surface area contributed by atoms with Crippen molar-refractivity contribution in [3.63, 3.8) is 0 Å². The molecule has 0 saturated carbocycles. The molecule has 1 unspecified atom stereocenters. The van der Waals surface area contributed by atoms with Gasteiger partial charge >= 0.3 is 0 Å². The van der Waals surface area contributed by atoms with Crippen molar-refractivity contribution in [2.45, 2.75) is 12.0 Å². The highest BCUT2D eigenvalue weighted by Crippen LogP contribution is 2.28. The number of benzene rings is 1. The maximum Gasteiger partial charge on any atom is 0.123 e. The Hall–Kier alpha value is -0.450. The minimum absolute atomic E-state index is 0.125. The fraction of sp³-hybridized carbons (Fsp3) is 0.400. The standard InChI is InChI=1S/C10H12BrFN2/c11-14-5-9(10(13)6-14)7-1-3-8(12)4-2-7/h1-4,9-10H,5-6,13H2/t9?,10-/m0/s1. The molecule has 0 aliphatic carbocycles. The van der Waals surface area contributed by atoms with Gasteiger partial charge in [-0.2, -0.15) is 0 Å². The smallest absolute Gasteiger partial charge is 0.123 e. The highest BCUT2D eigenvalue weighted by atomic mass is 79.9. The third kappa shape index (κ3) is 1.97. The lowest BCUT2D eigenvalue weighted by molar-refractivity contribution is 0.590. The quantitative estimate of drug-likeness (QED) is 0.780. The lowest BCUT2D eigenvalue weighted by Crippen LogP contribution is -2.27. The number of hydrogen-bond acceptors (Lipinski definition) is 2. The van der Waals surface area contributed by atoms with Crippen LogP contribution in [-0.4, -0.2) is 23.1 Å². The van der Waals surface area contributed by atoms with Gasteiger partial charge in [-0.05, 0) is 17.7 Å². The van der Waals surface area contributed by atoms with Gasteiger partial charge in [0.2, 0.25) is 0 Å². The Labute approximate surface area is 91.2 Å². The molecule has 76 valence electrons. The van der Waals surface area contributed by atoms with Crippen molar-refractivity contribution in [1.29, 1.82) is 0 Å². The highest BCUT2D eigenvalue weighted by molar-refractivity contribution is 9.07. The molecule has 4 heteroatoms. The molecule has 1 saturated heterocycles. The van der Waals surface area contributed by atoms with Gasteiger partial charge < -0.3 is 5.73 Å². The van der Waals surface area contributed by atoms with E-state index in [1.54, 1.807) is 0 Å². The van der Waals surface area contributed by atoms with E-state index in [2.05, 4.69) is 16.1 Å². The lowest BCUT2D eigenvalue weighted by atomic mass is 9.95. The lowest BCUT2D eigenvalue weighted by Gasteiger charge is -2.13. The summed E-state index contributed by atoms with van der Waals surface area (Å²) >= 11 is 3.41. The van der Waals surface area contributed by atoms with Gasteiger partial charge in [-0.1, -0.05) is 12.1 Å². The first-order chi connectivity index (χ1) is 6.66. The van der Waals surface area contributed by atoms with Gasteiger partial charge in [0.25, 0.3) is 0 Å². The van der Waals surface area contributed by atoms with E-state index in [-0.39, 0.29) is 11.9 Å². The maximum absolute atomic E-state index is 12.7. The van der Waals surface area contributed by atoms with Crippen LogP contribution in [0.1, 0.15) is 11.5 Å². The molecule has 0 radical (unpaired) electrons. The zero-order chi connectivity index (χ0) is 10.1. The summed E-state index contributed by atoms with van der Waals surface area (Å²) in [6.07, 6.45) is 0. The minimum atomic E-state index is -0.198. The Morgan fingerprint density at radius 1 is 1.29 bits per heavy atom. The average molecular weight is 259 g/mol. The van der Waals surface area contributed by atoms with Gasteiger partial charge in [-0.15, -0.1) is 0 Å². The van der Waals surface area contributed by atoms with Gasteiger partial charge in [0.15, 0.2) is 0 Å². The largest absolute Gasteiger partial charge is 0.326 e. The molecule has 2 atom stereocenters. The molecule has 2 N–H and O–H groups in total. The molecule has 0 amide bonds. The molecule has 0 aromatic heterocycles. The number of rotatable bonds is 1. The zero-order valence-electron chi connectivity index (χ0n) is 7.66. The van der Waals surface area contributed by atoms with E-state index in [1.807, 2.05) is 16.1 Å². The fourth-order valence-corrected chi connectivity index (χ4v) is 2.49. The molecule has 2 rings (SSSR count). The van der Waals surface area contributed by atoms with Crippen LogP contribution in [0.15, 0.2) is 24.3 Å². The van der Waals surface area contributed by atoms with E-state index in [4.69, 9.17) is 5.73 Å². The first-order valence-corrected chi connectivity index (χ1v) is 5.29. The van der Waals surface area contributed by atoms with Gasteiger partial charge in [0, 0.05) is 41.2 Å². The summed E-state index contributed by atoms with van der Waals surface area (Å²) in [5.74, 6) is 0.103. The van der Waals surface area contributed by atoms with E-state index in [1.165, 1.54) is 12.1 Å². The highest BCUT2D eigenvalue weighted by Gasteiger charge is 2.29. The third-order valence-electron chi connectivity index (χ3n) is 2.62. The van der Waals surface area contributed by atoms with Crippen LogP contribution in [-0.2, 0) is 0 Å². The maximum atomic E-state index is 12.7. The monoisotopic (exact) mass is 258 g/mol. The predicted molar refractivity (Wildman–Crippen MR) is 57.6 cm³/mol. The Balaban J connectivity index is 2.19. The summed E-state index contributed by atoms with van der Waals surface area (Å²) < 4.78 is 14.7. The minimum Gasteiger partial charge on any atom is -0.326 e. The van der Waals surface area contributed by atoms with Crippen LogP contribution in [0.25, 0.3) is 0 Å². The van der Waals surface area contributed by atoms with E-state index in [0.717, 1.165) is 18.7 Å². The van der Waals surface area contributed by atoms with Gasteiger partial charge in [-0.25, -0.2) is 8.32 Å². The Kier molecular flexibility index (Phi) is 2.85. The van der Waals surface area contributed by atoms with Crippen LogP contribution in [0.2, 0.25) is 0 Å². The third-order valence-corrected chi connectivity index (χ3v) is 3.20. The van der Waals surface area contributed by atoms with E-state index < -0.39 is 0 Å². The second-order valence-electron chi connectivity index (χ2n) is 3.65. The van der Waals surface area contributed by atoms with Crippen molar-refractivity contribution in [1.82, 2.24) is 3.93 Å². The normalized spacial score (nSPS) is 28.2. The van der Waals surface area contributed by atoms with Crippen molar-refractivity contribution < 1.29 is 4.39 Å². The van der Waals surface area contributed by atoms with Gasteiger partial charge in [0.05, 0.1) is 0 Å². The van der Waals surface area contributed by atoms with Crippen LogP contribution < -0.4 is 5.73 Å². The van der Waals surface area contributed by atoms with Crippen molar-refractivity contribution >= 4 is 16.1 Å². The van der Waals surface area contributed by atoms with Crippen LogP contribution in [0.4, 0.5) is 4.39 Å². The molecule has 1 aliphatic rings. The molecule has 1 aromatic carbocycles. The van der Waals surface area contributed by atoms with Crippen LogP contribution in [0.5, 0.6) is 0 Å². The topological polar surface area (TPSA) is 29.3 Å². The zero-order valence-corrected chi connectivity index (χ0v) is 9.24. The Bertz CT molecular complexity index is 314. The second kappa shape index (κ2) is 3.96. The first-order valence-electron chi connectivity index (χ1n) is 4.58. The molecule has 1 aliphatic heterocycles. The molecule has 2 nitrogen and oxygen atoms in total. The summed E-state index contributed by atoms with van der Waals surface area (Å²) in [4.78, 5) is 0. The summed E-state index contributed by atoms with van der Waals surface area (Å²) in [6.45, 7) is 1.72. The summed E-state index contributed by atoms with van der Waals surface area (Å²) in [7, 11) is 0. The number of nitrogens with zero attached hydrogens (tertiary/aromatic N) is 1. The fourth-order valence-electron chi connectivity index (χ4n) is 1.84. The van der Waals surface area contributed by atoms with Crippen molar-refractivity contribution in [2.24, 2.45) is 5.73 Å². The molecule has 1 heterocycles. The first kappa shape index (κ1) is 10.1. The number of halogens is 2. The molecule has 0 spiro atoms. The van der Waals surface area contributed by atoms with E-state index >= 15 is 0 Å². The predicted octanol–water partition coefficient (Wildman–Crippen LogP) is 1.86. The molecule has 0 bridgehead atoms. The van der Waals surface area contributed by atoms with Crippen LogP contribution in [0, 0.1) is 5.82 Å². The molecular formula is C10H12BrFN2. The molecule has 14 heavy (non-hydrogen) atoms. The number of nitrogens with two attached hydrogens (primary N) is 1. The molecule has 1 fully saturated rings. The van der Waals surface area contributed by atoms with Gasteiger partial charge in [-0.3, -0.25) is 0 Å². The van der Waals surface area contributed by atoms with E-state index in [9.17, 15) is 4.39 Å². The van der Waals surface area contributed by atoms with E-state index in [0.29, 0.717) is 5.92 Å². The van der Waals surface area contributed by atoms with Crippen LogP contribution >= 0.6 is 16.1 Å². The summed E-state index contributed by atoms with van der Waals surface area (Å²) in [6, 6.07) is 6.72.